The molecule has 28 heavy (non-hydrogen) atoms. The normalized spacial score (nSPS) is 14.9. The van der Waals surface area contributed by atoms with Gasteiger partial charge in [0.1, 0.15) is 0 Å². The summed E-state index contributed by atoms with van der Waals surface area (Å²) in [5.74, 6) is -2.14. The molecule has 7 nitrogen and oxygen atoms in total. The molecule has 0 spiro atoms. The average Bonchev–Trinajstić information content (AvgIpc) is 2.65. The van der Waals surface area contributed by atoms with Crippen LogP contribution in [0.15, 0.2) is 51.6 Å². The predicted molar refractivity (Wildman–Crippen MR) is 105 cm³/mol. The summed E-state index contributed by atoms with van der Waals surface area (Å²) >= 11 is 0. The van der Waals surface area contributed by atoms with Crippen molar-refractivity contribution in [1.82, 2.24) is 10.3 Å². The third-order valence-corrected chi connectivity index (χ3v) is 4.91. The second-order valence-corrected chi connectivity index (χ2v) is 6.76. The van der Waals surface area contributed by atoms with Gasteiger partial charge in [-0.25, -0.2) is 9.59 Å². The molecular formula is C21H22N2O5. The Kier molecular flexibility index (Phi) is 5.09. The highest BCUT2D eigenvalue weighted by Crippen LogP contribution is 2.38. The largest absolute Gasteiger partial charge is 0.466 e. The first-order chi connectivity index (χ1) is 13.3. The monoisotopic (exact) mass is 382 g/mol. The van der Waals surface area contributed by atoms with E-state index in [-0.39, 0.29) is 22.3 Å². The predicted octanol–water partition coefficient (Wildman–Crippen LogP) is 2.42. The lowest BCUT2D eigenvalue weighted by Crippen LogP contribution is -2.34. The summed E-state index contributed by atoms with van der Waals surface area (Å²) < 4.78 is 9.86. The Bertz CT molecular complexity index is 1070. The molecule has 3 rings (SSSR count). The van der Waals surface area contributed by atoms with Crippen LogP contribution in [0.2, 0.25) is 0 Å². The van der Waals surface area contributed by atoms with Crippen molar-refractivity contribution in [3.05, 3.63) is 68.3 Å². The third-order valence-electron chi connectivity index (χ3n) is 4.91. The van der Waals surface area contributed by atoms with Crippen molar-refractivity contribution < 1.29 is 19.1 Å². The molecule has 0 bridgehead atoms. The van der Waals surface area contributed by atoms with Crippen LogP contribution >= 0.6 is 0 Å². The number of carbonyl (C=O) groups excluding carboxylic acids is 2. The number of pyridine rings is 1. The Morgan fingerprint density at radius 1 is 0.929 bits per heavy atom. The van der Waals surface area contributed by atoms with Gasteiger partial charge in [0.15, 0.2) is 0 Å². The summed E-state index contributed by atoms with van der Waals surface area (Å²) in [6.45, 7) is 5.34. The maximum absolute atomic E-state index is 12.9. The molecule has 2 N–H and O–H groups in total. The number of fused-ring (bicyclic) bond motifs is 1. The van der Waals surface area contributed by atoms with E-state index in [0.29, 0.717) is 16.9 Å². The lowest BCUT2D eigenvalue weighted by atomic mass is 9.80. The Hall–Kier alpha value is -3.35. The molecule has 0 saturated heterocycles. The Labute approximate surface area is 162 Å². The number of benzene rings is 1. The zero-order chi connectivity index (χ0) is 20.6. The molecule has 0 atom stereocenters. The number of nitrogens with one attached hydrogen (secondary N) is 2. The molecule has 0 radical (unpaired) electrons. The molecule has 0 saturated carbocycles. The van der Waals surface area contributed by atoms with Crippen LogP contribution in [0.4, 0.5) is 0 Å². The average molecular weight is 382 g/mol. The van der Waals surface area contributed by atoms with E-state index in [1.54, 1.807) is 19.9 Å². The van der Waals surface area contributed by atoms with Crippen LogP contribution in [0.25, 0.3) is 10.9 Å². The van der Waals surface area contributed by atoms with Gasteiger partial charge in [0, 0.05) is 22.5 Å². The van der Waals surface area contributed by atoms with E-state index in [1.165, 1.54) is 14.2 Å². The van der Waals surface area contributed by atoms with Crippen molar-refractivity contribution in [3.8, 4) is 0 Å². The van der Waals surface area contributed by atoms with Gasteiger partial charge in [0.25, 0.3) is 5.56 Å². The number of rotatable bonds is 3. The SMILES string of the molecule is COC(=O)C1=C(C)NC(C)=C(C(=O)OC)C1c1cc2ccc(C)cc2[nH]c1=O. The molecule has 2 heterocycles. The maximum Gasteiger partial charge on any atom is 0.336 e. The summed E-state index contributed by atoms with van der Waals surface area (Å²) in [5.41, 5.74) is 3.02. The molecule has 0 amide bonds. The van der Waals surface area contributed by atoms with Gasteiger partial charge in [-0.15, -0.1) is 0 Å². The minimum Gasteiger partial charge on any atom is -0.466 e. The van der Waals surface area contributed by atoms with Gasteiger partial charge < -0.3 is 19.8 Å². The number of methoxy groups -OCH3 is 2. The second kappa shape index (κ2) is 7.34. The minimum atomic E-state index is -0.907. The highest BCUT2D eigenvalue weighted by atomic mass is 16.5. The van der Waals surface area contributed by atoms with Crippen molar-refractivity contribution in [3.63, 3.8) is 0 Å². The van der Waals surface area contributed by atoms with Gasteiger partial charge in [0.05, 0.1) is 31.3 Å². The van der Waals surface area contributed by atoms with E-state index in [9.17, 15) is 14.4 Å². The fourth-order valence-electron chi connectivity index (χ4n) is 3.61. The summed E-state index contributed by atoms with van der Waals surface area (Å²) in [7, 11) is 2.52. The van der Waals surface area contributed by atoms with Crippen molar-refractivity contribution >= 4 is 22.8 Å². The summed E-state index contributed by atoms with van der Waals surface area (Å²) in [6, 6.07) is 7.38. The second-order valence-electron chi connectivity index (χ2n) is 6.76. The van der Waals surface area contributed by atoms with E-state index >= 15 is 0 Å². The van der Waals surface area contributed by atoms with E-state index < -0.39 is 17.9 Å². The molecule has 1 aromatic carbocycles. The lowest BCUT2D eigenvalue weighted by Gasteiger charge is -2.29. The van der Waals surface area contributed by atoms with Gasteiger partial charge in [0.2, 0.25) is 0 Å². The van der Waals surface area contributed by atoms with Crippen molar-refractivity contribution in [2.45, 2.75) is 26.7 Å². The summed E-state index contributed by atoms with van der Waals surface area (Å²) in [5, 5.41) is 3.81. The minimum absolute atomic E-state index is 0.200. The molecule has 0 aliphatic carbocycles. The number of ether oxygens (including phenoxy) is 2. The molecule has 2 aromatic rings. The van der Waals surface area contributed by atoms with Gasteiger partial charge in [-0.3, -0.25) is 4.79 Å². The highest BCUT2D eigenvalue weighted by Gasteiger charge is 2.39. The van der Waals surface area contributed by atoms with Crippen molar-refractivity contribution in [2.24, 2.45) is 0 Å². The number of carbonyl (C=O) groups is 2. The molecule has 1 aliphatic rings. The number of aromatic amines is 1. The highest BCUT2D eigenvalue weighted by molar-refractivity contribution is 6.00. The molecule has 1 aromatic heterocycles. The number of aromatic nitrogens is 1. The van der Waals surface area contributed by atoms with E-state index in [0.717, 1.165) is 10.9 Å². The Morgan fingerprint density at radius 2 is 1.50 bits per heavy atom. The van der Waals surface area contributed by atoms with Crippen LogP contribution in [0.5, 0.6) is 0 Å². The summed E-state index contributed by atoms with van der Waals surface area (Å²) in [4.78, 5) is 40.9. The molecule has 0 fully saturated rings. The maximum atomic E-state index is 12.9. The number of aryl methyl sites for hydroxylation is 1. The quantitative estimate of drug-likeness (QED) is 0.792. The number of H-pyrrole nitrogens is 1. The molecule has 146 valence electrons. The van der Waals surface area contributed by atoms with Crippen LogP contribution in [-0.2, 0) is 19.1 Å². The smallest absolute Gasteiger partial charge is 0.336 e. The van der Waals surface area contributed by atoms with Gasteiger partial charge >= 0.3 is 11.9 Å². The van der Waals surface area contributed by atoms with Gasteiger partial charge in [-0.05, 0) is 43.9 Å². The zero-order valence-corrected chi connectivity index (χ0v) is 16.4. The number of hydrogen-bond donors (Lipinski definition) is 2. The van der Waals surface area contributed by atoms with Crippen molar-refractivity contribution in [2.75, 3.05) is 14.2 Å². The fourth-order valence-corrected chi connectivity index (χ4v) is 3.61. The zero-order valence-electron chi connectivity index (χ0n) is 16.4. The van der Waals surface area contributed by atoms with Crippen LogP contribution in [0.1, 0.15) is 30.9 Å². The van der Waals surface area contributed by atoms with Crippen LogP contribution in [0, 0.1) is 6.92 Å². The van der Waals surface area contributed by atoms with Gasteiger partial charge in [-0.2, -0.15) is 0 Å². The van der Waals surface area contributed by atoms with Crippen LogP contribution in [-0.4, -0.2) is 31.1 Å². The molecule has 1 aliphatic heterocycles. The molecular weight excluding hydrogens is 360 g/mol. The summed E-state index contributed by atoms with van der Waals surface area (Å²) in [6.07, 6.45) is 0. The van der Waals surface area contributed by atoms with E-state index in [4.69, 9.17) is 9.47 Å². The third kappa shape index (κ3) is 3.19. The first kappa shape index (κ1) is 19.4. The van der Waals surface area contributed by atoms with Crippen LogP contribution < -0.4 is 10.9 Å². The van der Waals surface area contributed by atoms with Gasteiger partial charge in [-0.1, -0.05) is 12.1 Å². The lowest BCUT2D eigenvalue weighted by molar-refractivity contribution is -0.137. The fraction of sp³-hybridized carbons (Fsp3) is 0.286. The van der Waals surface area contributed by atoms with E-state index in [1.807, 2.05) is 25.1 Å². The number of dihydropyridines is 1. The van der Waals surface area contributed by atoms with Crippen molar-refractivity contribution in [1.29, 1.82) is 0 Å². The first-order valence-electron chi connectivity index (χ1n) is 8.77. The molecule has 0 unspecified atom stereocenters. The standard InChI is InChI=1S/C21H22N2O5/c1-10-6-7-13-9-14(19(24)23-15(13)8-10)18-16(20(25)27-4)11(2)22-12(3)17(18)21(26)28-5/h6-9,18,22H,1-5H3,(H,23,24). The van der Waals surface area contributed by atoms with E-state index in [2.05, 4.69) is 10.3 Å². The topological polar surface area (TPSA) is 97.5 Å². The Balaban J connectivity index is 2.33. The number of allylic oxidation sites excluding steroid dienone is 2. The Morgan fingerprint density at radius 3 is 2.04 bits per heavy atom. The number of hydrogen-bond acceptors (Lipinski definition) is 6. The first-order valence-corrected chi connectivity index (χ1v) is 8.77. The number of esters is 2. The van der Waals surface area contributed by atoms with Crippen LogP contribution in [0.3, 0.4) is 0 Å². The molecule has 7 heteroatoms.